The van der Waals surface area contributed by atoms with Gasteiger partial charge in [0.1, 0.15) is 17.9 Å². The molecule has 3 amide bonds. The van der Waals surface area contributed by atoms with Crippen molar-refractivity contribution in [3.8, 4) is 5.75 Å². The highest BCUT2D eigenvalue weighted by Gasteiger charge is 2.48. The molecule has 142 valence electrons. The van der Waals surface area contributed by atoms with Crippen molar-refractivity contribution in [1.82, 2.24) is 10.2 Å². The summed E-state index contributed by atoms with van der Waals surface area (Å²) in [5.74, 6) is 0.724. The number of imide groups is 1. The number of nitrogens with one attached hydrogen (secondary N) is 1. The van der Waals surface area contributed by atoms with Gasteiger partial charge in [-0.2, -0.15) is 0 Å². The lowest BCUT2D eigenvalue weighted by Gasteiger charge is -2.23. The predicted octanol–water partition coefficient (Wildman–Crippen LogP) is 4.31. The molecule has 0 aliphatic carbocycles. The zero-order chi connectivity index (χ0) is 19.6. The van der Waals surface area contributed by atoms with Gasteiger partial charge in [-0.1, -0.05) is 55.8 Å². The van der Waals surface area contributed by atoms with E-state index in [-0.39, 0.29) is 19.1 Å². The zero-order valence-electron chi connectivity index (χ0n) is 15.7. The Kier molecular flexibility index (Phi) is 5.42. The Morgan fingerprint density at radius 3 is 2.48 bits per heavy atom. The Hall–Kier alpha value is -2.53. The number of amides is 3. The maximum Gasteiger partial charge on any atom is 0.325 e. The topological polar surface area (TPSA) is 58.6 Å². The van der Waals surface area contributed by atoms with E-state index in [0.717, 1.165) is 5.56 Å². The van der Waals surface area contributed by atoms with E-state index in [2.05, 4.69) is 19.2 Å². The summed E-state index contributed by atoms with van der Waals surface area (Å²) in [6.45, 7) is 6.32. The van der Waals surface area contributed by atoms with E-state index >= 15 is 0 Å². The highest BCUT2D eigenvalue weighted by atomic mass is 35.5. The minimum atomic E-state index is -1.07. The molecule has 3 rings (SSSR count). The summed E-state index contributed by atoms with van der Waals surface area (Å²) in [5.41, 5.74) is 0.886. The van der Waals surface area contributed by atoms with E-state index in [1.807, 2.05) is 24.3 Å². The molecule has 1 saturated heterocycles. The summed E-state index contributed by atoms with van der Waals surface area (Å²) in [4.78, 5) is 26.5. The largest absolute Gasteiger partial charge is 0.492 e. The molecule has 0 radical (unpaired) electrons. The standard InChI is InChI=1S/C21H23ClN2O3/c1-14(2)15-7-9-16(10-8-15)21(3)19(25)24(20(26)23-21)11-12-27-18-6-4-5-17(22)13-18/h4-10,13-14H,11-12H2,1-3H3,(H,23,26)/t21-/m0/s1. The van der Waals surface area contributed by atoms with Crippen LogP contribution in [-0.2, 0) is 10.3 Å². The summed E-state index contributed by atoms with van der Waals surface area (Å²) in [6, 6.07) is 14.4. The highest BCUT2D eigenvalue weighted by molar-refractivity contribution is 6.30. The minimum Gasteiger partial charge on any atom is -0.492 e. The lowest BCUT2D eigenvalue weighted by atomic mass is 9.90. The summed E-state index contributed by atoms with van der Waals surface area (Å²) in [6.07, 6.45) is 0. The van der Waals surface area contributed by atoms with Gasteiger partial charge in [0.05, 0.1) is 6.54 Å². The van der Waals surface area contributed by atoms with Gasteiger partial charge >= 0.3 is 6.03 Å². The van der Waals surface area contributed by atoms with Crippen molar-refractivity contribution < 1.29 is 14.3 Å². The molecule has 0 spiro atoms. The van der Waals surface area contributed by atoms with Crippen molar-refractivity contribution in [1.29, 1.82) is 0 Å². The van der Waals surface area contributed by atoms with Crippen LogP contribution < -0.4 is 10.1 Å². The molecule has 0 bridgehead atoms. The van der Waals surface area contributed by atoms with Gasteiger partial charge in [-0.05, 0) is 42.2 Å². The third-order valence-electron chi connectivity index (χ3n) is 4.81. The first kappa shape index (κ1) is 19.2. The number of ether oxygens (including phenoxy) is 1. The molecule has 27 heavy (non-hydrogen) atoms. The molecule has 5 nitrogen and oxygen atoms in total. The van der Waals surface area contributed by atoms with Crippen LogP contribution in [0.5, 0.6) is 5.75 Å². The van der Waals surface area contributed by atoms with Crippen LogP contribution in [0.25, 0.3) is 0 Å². The summed E-state index contributed by atoms with van der Waals surface area (Å²) >= 11 is 5.92. The van der Waals surface area contributed by atoms with E-state index in [0.29, 0.717) is 16.7 Å². The van der Waals surface area contributed by atoms with Gasteiger partial charge in [0, 0.05) is 5.02 Å². The number of nitrogens with zero attached hydrogens (tertiary/aromatic N) is 1. The van der Waals surface area contributed by atoms with Crippen molar-refractivity contribution in [2.24, 2.45) is 0 Å². The second-order valence-electron chi connectivity index (χ2n) is 7.09. The van der Waals surface area contributed by atoms with Crippen molar-refractivity contribution in [3.63, 3.8) is 0 Å². The van der Waals surface area contributed by atoms with Crippen LogP contribution in [0.4, 0.5) is 4.79 Å². The number of urea groups is 1. The first-order chi connectivity index (χ1) is 12.8. The van der Waals surface area contributed by atoms with Crippen molar-refractivity contribution >= 4 is 23.5 Å². The van der Waals surface area contributed by atoms with Gasteiger partial charge in [-0.3, -0.25) is 9.69 Å². The number of carbonyl (C=O) groups is 2. The molecular weight excluding hydrogens is 364 g/mol. The molecule has 0 saturated carbocycles. The van der Waals surface area contributed by atoms with Crippen LogP contribution in [0.1, 0.15) is 37.8 Å². The van der Waals surface area contributed by atoms with E-state index in [9.17, 15) is 9.59 Å². The molecule has 2 aromatic rings. The normalized spacial score (nSPS) is 19.5. The summed E-state index contributed by atoms with van der Waals surface area (Å²) in [5, 5.41) is 3.38. The van der Waals surface area contributed by atoms with Gasteiger partial charge in [0.15, 0.2) is 0 Å². The third kappa shape index (κ3) is 3.93. The first-order valence-electron chi connectivity index (χ1n) is 8.94. The monoisotopic (exact) mass is 386 g/mol. The maximum absolute atomic E-state index is 12.9. The second kappa shape index (κ2) is 7.61. The fraction of sp³-hybridized carbons (Fsp3) is 0.333. The van der Waals surface area contributed by atoms with E-state index in [1.165, 1.54) is 10.5 Å². The van der Waals surface area contributed by atoms with Gasteiger partial charge in [0.2, 0.25) is 0 Å². The molecule has 1 fully saturated rings. The van der Waals surface area contributed by atoms with Gasteiger partial charge in [0.25, 0.3) is 5.91 Å². The fourth-order valence-corrected chi connectivity index (χ4v) is 3.29. The number of carbonyl (C=O) groups excluding carboxylic acids is 2. The van der Waals surface area contributed by atoms with Crippen molar-refractivity contribution in [2.75, 3.05) is 13.2 Å². The molecule has 0 unspecified atom stereocenters. The maximum atomic E-state index is 12.9. The molecule has 1 heterocycles. The number of hydrogen-bond donors (Lipinski definition) is 1. The van der Waals surface area contributed by atoms with Gasteiger partial charge in [-0.15, -0.1) is 0 Å². The van der Waals surface area contributed by atoms with Crippen LogP contribution in [0.3, 0.4) is 0 Å². The average molecular weight is 387 g/mol. The van der Waals surface area contributed by atoms with Gasteiger partial charge in [-0.25, -0.2) is 4.79 Å². The molecule has 1 aliphatic rings. The van der Waals surface area contributed by atoms with Crippen LogP contribution in [0.2, 0.25) is 5.02 Å². The van der Waals surface area contributed by atoms with E-state index in [1.54, 1.807) is 31.2 Å². The highest BCUT2D eigenvalue weighted by Crippen LogP contribution is 2.30. The Bertz CT molecular complexity index is 851. The second-order valence-corrected chi connectivity index (χ2v) is 7.53. The SMILES string of the molecule is CC(C)c1ccc([C@]2(C)NC(=O)N(CCOc3cccc(Cl)c3)C2=O)cc1. The molecule has 1 aliphatic heterocycles. The number of halogens is 1. The molecule has 1 atom stereocenters. The Balaban J connectivity index is 1.68. The number of benzene rings is 2. The Labute approximate surface area is 164 Å². The summed E-state index contributed by atoms with van der Waals surface area (Å²) < 4.78 is 5.60. The third-order valence-corrected chi connectivity index (χ3v) is 5.04. The van der Waals surface area contributed by atoms with Crippen molar-refractivity contribution in [3.05, 3.63) is 64.7 Å². The quantitative estimate of drug-likeness (QED) is 0.752. The minimum absolute atomic E-state index is 0.164. The molecule has 0 aromatic heterocycles. The van der Waals surface area contributed by atoms with Crippen LogP contribution in [-0.4, -0.2) is 30.0 Å². The smallest absolute Gasteiger partial charge is 0.325 e. The van der Waals surface area contributed by atoms with Gasteiger partial charge < -0.3 is 10.1 Å². The number of rotatable bonds is 6. The number of hydrogen-bond acceptors (Lipinski definition) is 3. The van der Waals surface area contributed by atoms with Crippen LogP contribution in [0.15, 0.2) is 48.5 Å². The molecule has 6 heteroatoms. The van der Waals surface area contributed by atoms with Crippen molar-refractivity contribution in [2.45, 2.75) is 32.2 Å². The summed E-state index contributed by atoms with van der Waals surface area (Å²) in [7, 11) is 0. The molecular formula is C21H23ClN2O3. The van der Waals surface area contributed by atoms with E-state index in [4.69, 9.17) is 16.3 Å². The lowest BCUT2D eigenvalue weighted by molar-refractivity contribution is -0.131. The lowest BCUT2D eigenvalue weighted by Crippen LogP contribution is -2.41. The zero-order valence-corrected chi connectivity index (χ0v) is 16.4. The Morgan fingerprint density at radius 2 is 1.85 bits per heavy atom. The fourth-order valence-electron chi connectivity index (χ4n) is 3.11. The molecule has 1 N–H and O–H groups in total. The first-order valence-corrected chi connectivity index (χ1v) is 9.32. The van der Waals surface area contributed by atoms with Crippen LogP contribution in [0, 0.1) is 0 Å². The van der Waals surface area contributed by atoms with Crippen LogP contribution >= 0.6 is 11.6 Å². The molecule has 2 aromatic carbocycles. The average Bonchev–Trinajstić information content (AvgIpc) is 2.86. The Morgan fingerprint density at radius 1 is 1.15 bits per heavy atom. The van der Waals surface area contributed by atoms with E-state index < -0.39 is 11.6 Å². The predicted molar refractivity (Wildman–Crippen MR) is 105 cm³/mol.